The molecular formula is C103H79Al5N7O8Si. The van der Waals surface area contributed by atoms with Gasteiger partial charge in [0.15, 0.2) is 11.5 Å². The fraction of sp³-hybridized carbons (Fsp3) is 0.0291. The van der Waals surface area contributed by atoms with Crippen LogP contribution in [0.1, 0.15) is 17.1 Å². The van der Waals surface area contributed by atoms with Crippen molar-refractivity contribution in [3.05, 3.63) is 430 Å². The SMILES string of the molecule is Cc1ccc2cccc([O][Al][O][Si](c3ccccc3)(c3ccccc3)c3ccccc3)c2n1.Cc1ccc2cccc([O][Al][O]c3ccc(-c4ccccc4)cc3)c2n1.Cc1ccc2cccc([O][Al][O]c3ccc4cc(-c5ccccc5)ccc4c3)c2n1.[AlH][O]c1cccc2cccnc12.[AlH][O]c1ccccc1-c1nc2cccnc2n1-c1ccccc1. The van der Waals surface area contributed by atoms with Gasteiger partial charge in [-0.1, -0.05) is 285 Å². The second-order valence-corrected chi connectivity index (χ2v) is 35.0. The van der Waals surface area contributed by atoms with Crippen molar-refractivity contribution in [2.75, 3.05) is 0 Å². The normalized spacial score (nSPS) is 10.8. The van der Waals surface area contributed by atoms with Crippen LogP contribution < -0.4 is 42.1 Å². The van der Waals surface area contributed by atoms with Gasteiger partial charge in [-0.2, -0.15) is 0 Å². The average Bonchev–Trinajstić information content (AvgIpc) is 1.22. The smallest absolute Gasteiger partial charge is 0.650 e. The fourth-order valence-corrected chi connectivity index (χ4v) is 21.8. The van der Waals surface area contributed by atoms with Crippen LogP contribution >= 0.6 is 0 Å². The van der Waals surface area contributed by atoms with Gasteiger partial charge in [0.25, 0.3) is 8.32 Å². The zero-order chi connectivity index (χ0) is 84.7. The predicted octanol–water partition coefficient (Wildman–Crippen LogP) is 20.4. The molecule has 15 nitrogen and oxygen atoms in total. The lowest BCUT2D eigenvalue weighted by Gasteiger charge is -2.34. The average molecular weight is 1710 g/mol. The molecule has 593 valence electrons. The third kappa shape index (κ3) is 20.7. The van der Waals surface area contributed by atoms with Gasteiger partial charge in [0.2, 0.25) is 0 Å². The summed E-state index contributed by atoms with van der Waals surface area (Å²) in [6.07, 6.45) is 3.56. The van der Waals surface area contributed by atoms with E-state index in [1.165, 1.54) is 76.4 Å². The van der Waals surface area contributed by atoms with Gasteiger partial charge in [-0.3, -0.25) is 9.55 Å². The van der Waals surface area contributed by atoms with Crippen molar-refractivity contribution in [2.24, 2.45) is 0 Å². The Morgan fingerprint density at radius 3 is 1.20 bits per heavy atom. The van der Waals surface area contributed by atoms with E-state index in [-0.39, 0.29) is 0 Å². The van der Waals surface area contributed by atoms with Gasteiger partial charge >= 0.3 is 80.9 Å². The van der Waals surface area contributed by atoms with Crippen LogP contribution in [0.2, 0.25) is 0 Å². The van der Waals surface area contributed by atoms with E-state index >= 15 is 0 Å². The van der Waals surface area contributed by atoms with Crippen molar-refractivity contribution < 1.29 is 30.0 Å². The number of benzene rings is 14. The summed E-state index contributed by atoms with van der Waals surface area (Å²) in [4.78, 5) is 27.4. The van der Waals surface area contributed by atoms with Crippen molar-refractivity contribution in [3.8, 4) is 79.6 Å². The molecule has 0 aliphatic rings. The molecule has 20 rings (SSSR count). The van der Waals surface area contributed by atoms with E-state index in [4.69, 9.17) is 40.0 Å². The van der Waals surface area contributed by atoms with E-state index in [2.05, 4.69) is 213 Å². The zero-order valence-corrected chi connectivity index (χ0v) is 75.6. The number of aryl methyl sites for hydroxylation is 3. The lowest BCUT2D eigenvalue weighted by Crippen LogP contribution is -2.70. The molecule has 0 aliphatic heterocycles. The van der Waals surface area contributed by atoms with Gasteiger partial charge in [-0.15, -0.1) is 0 Å². The molecule has 0 saturated heterocycles. The van der Waals surface area contributed by atoms with E-state index in [1.807, 2.05) is 233 Å². The predicted molar refractivity (Wildman–Crippen MR) is 508 cm³/mol. The second kappa shape index (κ2) is 41.7. The molecule has 0 saturated carbocycles. The fourth-order valence-electron chi connectivity index (χ4n) is 14.4. The molecule has 0 atom stereocenters. The Hall–Kier alpha value is -13.0. The second-order valence-electron chi connectivity index (χ2n) is 28.7. The largest absolute Gasteiger partial charge is 0.881 e. The van der Waals surface area contributed by atoms with Gasteiger partial charge < -0.3 is 30.0 Å². The number of aromatic nitrogens is 7. The Morgan fingerprint density at radius 1 is 0.282 bits per heavy atom. The number of hydrogen-bond donors (Lipinski definition) is 0. The summed E-state index contributed by atoms with van der Waals surface area (Å²) >= 11 is 0.781. The van der Waals surface area contributed by atoms with Crippen LogP contribution in [-0.4, -0.2) is 124 Å². The van der Waals surface area contributed by atoms with Crippen LogP contribution in [-0.2, 0) is 3.48 Å². The highest BCUT2D eigenvalue weighted by molar-refractivity contribution is 7.08. The number of nitrogens with zero attached hydrogens (tertiary/aromatic N) is 7. The molecule has 0 N–H and O–H groups in total. The van der Waals surface area contributed by atoms with Crippen LogP contribution in [0.4, 0.5) is 0 Å². The Morgan fingerprint density at radius 2 is 0.669 bits per heavy atom. The summed E-state index contributed by atoms with van der Waals surface area (Å²) in [5.41, 5.74) is 14.9. The summed E-state index contributed by atoms with van der Waals surface area (Å²) in [5, 5.41) is 10.2. The van der Waals surface area contributed by atoms with Gasteiger partial charge in [0.1, 0.15) is 50.6 Å². The number of imidazole rings is 1. The zero-order valence-electron chi connectivity index (χ0n) is 68.3. The van der Waals surface area contributed by atoms with Crippen molar-refractivity contribution in [3.63, 3.8) is 0 Å². The van der Waals surface area contributed by atoms with Gasteiger partial charge in [-0.05, 0) is 185 Å². The molecule has 6 heterocycles. The lowest BCUT2D eigenvalue weighted by atomic mass is 10.0. The van der Waals surface area contributed by atoms with Crippen molar-refractivity contribution >= 4 is 170 Å². The number of para-hydroxylation sites is 6. The molecule has 0 fully saturated rings. The third-order valence-corrected chi connectivity index (χ3v) is 28.1. The molecule has 0 bridgehead atoms. The lowest BCUT2D eigenvalue weighted by molar-refractivity contribution is 0.461. The summed E-state index contributed by atoms with van der Waals surface area (Å²) in [5.74, 6) is 6.39. The van der Waals surface area contributed by atoms with Crippen LogP contribution in [0.3, 0.4) is 0 Å². The maximum absolute atomic E-state index is 6.94. The molecule has 0 spiro atoms. The number of pyridine rings is 5. The van der Waals surface area contributed by atoms with Gasteiger partial charge in [0.05, 0.1) is 22.8 Å². The minimum atomic E-state index is -2.76. The van der Waals surface area contributed by atoms with Crippen LogP contribution in [0.15, 0.2) is 413 Å². The number of hydrogen-bond acceptors (Lipinski definition) is 14. The molecule has 5 radical (unpaired) electrons. The van der Waals surface area contributed by atoms with E-state index in [0.717, 1.165) is 135 Å². The molecule has 6 aromatic heterocycles. The molecule has 14 aromatic carbocycles. The third-order valence-electron chi connectivity index (χ3n) is 20.5. The highest BCUT2D eigenvalue weighted by atomic mass is 28.4. The first kappa shape index (κ1) is 84.6. The van der Waals surface area contributed by atoms with Crippen molar-refractivity contribution in [2.45, 2.75) is 20.8 Å². The minimum absolute atomic E-state index is 0.665. The van der Waals surface area contributed by atoms with E-state index in [0.29, 0.717) is 0 Å². The number of rotatable bonds is 21. The Labute approximate surface area is 758 Å². The summed E-state index contributed by atoms with van der Waals surface area (Å²) in [6.45, 7) is 5.96. The van der Waals surface area contributed by atoms with Crippen LogP contribution in [0, 0.1) is 20.8 Å². The molecule has 0 aliphatic carbocycles. The summed E-state index contributed by atoms with van der Waals surface area (Å²) in [7, 11) is -2.76. The Balaban J connectivity index is 0.000000118. The van der Waals surface area contributed by atoms with Crippen LogP contribution in [0.5, 0.6) is 40.2 Å². The highest BCUT2D eigenvalue weighted by Crippen LogP contribution is 2.35. The topological polar surface area (TPSA) is 156 Å². The Bertz CT molecular complexity index is 6850. The van der Waals surface area contributed by atoms with Crippen LogP contribution in [0.25, 0.3) is 105 Å². The van der Waals surface area contributed by atoms with Gasteiger partial charge in [-0.25, -0.2) is 24.9 Å². The number of fused-ring (bicyclic) bond motifs is 6. The van der Waals surface area contributed by atoms with E-state index in [1.54, 1.807) is 12.4 Å². The molecular weight excluding hydrogens is 1630 g/mol. The van der Waals surface area contributed by atoms with E-state index < -0.39 is 56.0 Å². The first-order valence-electron chi connectivity index (χ1n) is 40.3. The molecule has 20 aromatic rings. The van der Waals surface area contributed by atoms with Crippen molar-refractivity contribution in [1.29, 1.82) is 0 Å². The Kier molecular flexibility index (Phi) is 28.5. The highest BCUT2D eigenvalue weighted by Gasteiger charge is 2.42. The monoisotopic (exact) mass is 1700 g/mol. The maximum atomic E-state index is 6.94. The first-order valence-corrected chi connectivity index (χ1v) is 46.1. The standard InChI is InChI=1S/C18H13N3O.C18H15OSi.C16H12O.C12H10O.3C10H9NO.C9H7NO.5Al.2H/c22-16-11-5-4-9-14(16)17-20-15-10-6-12-19-18(15)21(17)13-7-2-1-3-8-13;19-20(16-10-4-1-5-11-16,17-12-6-2-7-13-17)18-14-8-3-9-15-18;17-16-9-8-14-10-13(6-7-15(14)11-16)12-4-2-1-3-5-12;13-12-8-6-11(7-9-12)10-4-2-1-3-5-10;3*1-7-5-6-8-3-2-4-9(12)10(8)11-7;11-8-5-1-3-7-4-2-6-10-9(7)8;;;;;;;/h1-12,22H;1-15H;1-11,17H;1-9,13H;3*2-6,12H,1H3;1-6,11H;;;;;;;/q;-1;;;;;;;2*+1;3*+2;;/p-7. The molecule has 21 heteroatoms. The maximum Gasteiger partial charge on any atom is 0.881 e. The first-order chi connectivity index (χ1) is 61.1. The quantitative estimate of drug-likeness (QED) is 0.0494. The van der Waals surface area contributed by atoms with Crippen molar-refractivity contribution in [1.82, 2.24) is 34.5 Å². The molecule has 0 amide bonds. The minimum Gasteiger partial charge on any atom is -0.650 e. The molecule has 124 heavy (non-hydrogen) atoms. The van der Waals surface area contributed by atoms with E-state index in [9.17, 15) is 0 Å². The summed E-state index contributed by atoms with van der Waals surface area (Å²) < 4.78 is 49.7. The van der Waals surface area contributed by atoms with Gasteiger partial charge in [0, 0.05) is 56.7 Å². The summed E-state index contributed by atoms with van der Waals surface area (Å²) in [6, 6.07) is 135. The molecule has 0 unspecified atom stereocenters.